The van der Waals surface area contributed by atoms with Gasteiger partial charge in [0.1, 0.15) is 0 Å². The lowest BCUT2D eigenvalue weighted by Gasteiger charge is -2.46. The number of urea groups is 2. The molecule has 1 aromatic carbocycles. The SMILES string of the molecule is COC(=O)[C@@H](C)CN1C(=O)N(N)C(NC2=CC=C(C=C(C)C)NC2)N(Cc2ccc(C)cc2)C1=O. The van der Waals surface area contributed by atoms with E-state index in [0.717, 1.165) is 38.0 Å². The van der Waals surface area contributed by atoms with Crippen molar-refractivity contribution in [3.63, 3.8) is 0 Å². The predicted molar refractivity (Wildman–Crippen MR) is 132 cm³/mol. The number of nitrogens with zero attached hydrogens (tertiary/aromatic N) is 3. The number of imide groups is 1. The Balaban J connectivity index is 1.89. The number of ether oxygens (including phenoxy) is 1. The molecule has 188 valence electrons. The van der Waals surface area contributed by atoms with Crippen molar-refractivity contribution in [3.8, 4) is 0 Å². The third-order valence-corrected chi connectivity index (χ3v) is 5.73. The van der Waals surface area contributed by atoms with Crippen LogP contribution in [0.2, 0.25) is 0 Å². The number of nitrogens with two attached hydrogens (primary N) is 1. The van der Waals surface area contributed by atoms with Gasteiger partial charge < -0.3 is 15.4 Å². The molecule has 2 atom stereocenters. The van der Waals surface area contributed by atoms with Crippen LogP contribution in [0.1, 0.15) is 31.9 Å². The number of benzene rings is 1. The molecule has 0 spiro atoms. The van der Waals surface area contributed by atoms with Crippen molar-refractivity contribution in [2.24, 2.45) is 11.8 Å². The van der Waals surface area contributed by atoms with E-state index in [1.807, 2.05) is 63.3 Å². The smallest absolute Gasteiger partial charge is 0.345 e. The number of nitrogens with one attached hydrogen (secondary N) is 2. The van der Waals surface area contributed by atoms with Gasteiger partial charge in [0.25, 0.3) is 0 Å². The number of methoxy groups -OCH3 is 1. The molecule has 1 fully saturated rings. The Kier molecular flexibility index (Phi) is 8.18. The normalized spacial score (nSPS) is 18.9. The highest BCUT2D eigenvalue weighted by atomic mass is 16.5. The molecule has 1 unspecified atom stereocenters. The summed E-state index contributed by atoms with van der Waals surface area (Å²) in [6.07, 6.45) is 4.91. The summed E-state index contributed by atoms with van der Waals surface area (Å²) in [6.45, 7) is 8.15. The number of hydrogen-bond acceptors (Lipinski definition) is 7. The first kappa shape index (κ1) is 25.8. The van der Waals surface area contributed by atoms with Crippen molar-refractivity contribution < 1.29 is 19.1 Å². The van der Waals surface area contributed by atoms with E-state index in [9.17, 15) is 14.4 Å². The van der Waals surface area contributed by atoms with E-state index < -0.39 is 30.2 Å². The zero-order chi connectivity index (χ0) is 25.7. The van der Waals surface area contributed by atoms with Crippen LogP contribution >= 0.6 is 0 Å². The van der Waals surface area contributed by atoms with Crippen LogP contribution in [0, 0.1) is 12.8 Å². The fraction of sp³-hybridized carbons (Fsp3) is 0.400. The third kappa shape index (κ3) is 6.21. The Bertz CT molecular complexity index is 1060. The number of dihydropyridines is 1. The molecule has 0 bridgehead atoms. The second-order valence-electron chi connectivity index (χ2n) is 9.03. The number of carbonyl (C=O) groups is 3. The van der Waals surface area contributed by atoms with Gasteiger partial charge in [0.05, 0.1) is 26.1 Å². The van der Waals surface area contributed by atoms with Crippen LogP contribution in [0.25, 0.3) is 0 Å². The quantitative estimate of drug-likeness (QED) is 0.296. The molecule has 1 saturated heterocycles. The Morgan fingerprint density at radius 3 is 2.49 bits per heavy atom. The van der Waals surface area contributed by atoms with E-state index in [-0.39, 0.29) is 13.1 Å². The van der Waals surface area contributed by atoms with Crippen molar-refractivity contribution in [2.45, 2.75) is 40.5 Å². The van der Waals surface area contributed by atoms with E-state index in [4.69, 9.17) is 10.6 Å². The highest BCUT2D eigenvalue weighted by molar-refractivity contribution is 5.96. The van der Waals surface area contributed by atoms with Crippen LogP contribution in [0.15, 0.2) is 59.5 Å². The van der Waals surface area contributed by atoms with Gasteiger partial charge in [-0.2, -0.15) is 0 Å². The molecule has 3 rings (SSSR count). The predicted octanol–water partition coefficient (Wildman–Crippen LogP) is 2.55. The molecule has 10 nitrogen and oxygen atoms in total. The van der Waals surface area contributed by atoms with E-state index in [1.165, 1.54) is 12.0 Å². The van der Waals surface area contributed by atoms with Crippen LogP contribution in [-0.4, -0.2) is 59.3 Å². The number of amides is 4. The standard InChI is InChI=1S/C25H34N6O4/c1-16(2)12-20-10-11-21(13-27-20)28-23-29(15-19-8-6-17(3)7-9-19)24(33)30(25(34)31(23)26)14-18(4)22(32)35-5/h6-12,18,23,27-28H,13-15,26H2,1-5H3/t18-,23?/m0/s1. The molecule has 4 amide bonds. The van der Waals surface area contributed by atoms with Gasteiger partial charge in [0.15, 0.2) is 0 Å². The first-order valence-corrected chi connectivity index (χ1v) is 11.5. The Morgan fingerprint density at radius 1 is 1.23 bits per heavy atom. The number of esters is 1. The maximum absolute atomic E-state index is 13.5. The fourth-order valence-electron chi connectivity index (χ4n) is 3.81. The maximum Gasteiger partial charge on any atom is 0.345 e. The first-order valence-electron chi connectivity index (χ1n) is 11.5. The topological polar surface area (TPSA) is 120 Å². The molecule has 35 heavy (non-hydrogen) atoms. The molecule has 2 aliphatic rings. The molecule has 2 heterocycles. The molecule has 0 aromatic heterocycles. The van der Waals surface area contributed by atoms with Gasteiger partial charge in [-0.1, -0.05) is 42.3 Å². The van der Waals surface area contributed by atoms with Gasteiger partial charge >= 0.3 is 18.0 Å². The van der Waals surface area contributed by atoms with Gasteiger partial charge in [-0.3, -0.25) is 9.69 Å². The van der Waals surface area contributed by atoms with Gasteiger partial charge in [0, 0.05) is 17.9 Å². The monoisotopic (exact) mass is 482 g/mol. The van der Waals surface area contributed by atoms with Crippen LogP contribution in [0.5, 0.6) is 0 Å². The molecule has 0 saturated carbocycles. The molecule has 0 radical (unpaired) electrons. The summed E-state index contributed by atoms with van der Waals surface area (Å²) in [5.74, 6) is 5.02. The number of hydrogen-bond donors (Lipinski definition) is 3. The average molecular weight is 483 g/mol. The van der Waals surface area contributed by atoms with Gasteiger partial charge in [-0.25, -0.2) is 25.3 Å². The molecule has 4 N–H and O–H groups in total. The summed E-state index contributed by atoms with van der Waals surface area (Å²) in [5.41, 5.74) is 4.87. The summed E-state index contributed by atoms with van der Waals surface area (Å²) in [6, 6.07) is 6.52. The second kappa shape index (κ2) is 11.1. The molecule has 2 aliphatic heterocycles. The summed E-state index contributed by atoms with van der Waals surface area (Å²) < 4.78 is 4.76. The van der Waals surface area contributed by atoms with E-state index in [0.29, 0.717) is 6.54 Å². The zero-order valence-corrected chi connectivity index (χ0v) is 20.9. The maximum atomic E-state index is 13.5. The summed E-state index contributed by atoms with van der Waals surface area (Å²) in [7, 11) is 1.26. The highest BCUT2D eigenvalue weighted by Gasteiger charge is 2.44. The van der Waals surface area contributed by atoms with Crippen LogP contribution < -0.4 is 16.5 Å². The van der Waals surface area contributed by atoms with E-state index >= 15 is 0 Å². The lowest BCUT2D eigenvalue weighted by molar-refractivity contribution is -0.145. The number of aryl methyl sites for hydroxylation is 1. The van der Waals surface area contributed by atoms with Crippen LogP contribution in [-0.2, 0) is 16.1 Å². The van der Waals surface area contributed by atoms with Gasteiger partial charge in [-0.05, 0) is 44.6 Å². The average Bonchev–Trinajstić information content (AvgIpc) is 2.83. The Hall–Kier alpha value is -3.79. The molecule has 0 aliphatic carbocycles. The van der Waals surface area contributed by atoms with Crippen LogP contribution in [0.4, 0.5) is 9.59 Å². The van der Waals surface area contributed by atoms with Crippen LogP contribution in [0.3, 0.4) is 0 Å². The fourth-order valence-corrected chi connectivity index (χ4v) is 3.81. The summed E-state index contributed by atoms with van der Waals surface area (Å²) in [4.78, 5) is 41.0. The van der Waals surface area contributed by atoms with E-state index in [1.54, 1.807) is 6.92 Å². The minimum absolute atomic E-state index is 0.145. The number of carbonyl (C=O) groups excluding carboxylic acids is 3. The van der Waals surface area contributed by atoms with Crippen molar-refractivity contribution >= 4 is 18.0 Å². The summed E-state index contributed by atoms with van der Waals surface area (Å²) >= 11 is 0. The first-order chi connectivity index (χ1) is 16.6. The van der Waals surface area contributed by atoms with Gasteiger partial charge in [0.2, 0.25) is 6.29 Å². The van der Waals surface area contributed by atoms with Crippen molar-refractivity contribution in [2.75, 3.05) is 20.2 Å². The lowest BCUT2D eigenvalue weighted by atomic mass is 10.1. The molecule has 10 heteroatoms. The minimum atomic E-state index is -0.924. The molecular formula is C25H34N6O4. The molecule has 1 aromatic rings. The minimum Gasteiger partial charge on any atom is -0.469 e. The largest absolute Gasteiger partial charge is 0.469 e. The Morgan fingerprint density at radius 2 is 1.91 bits per heavy atom. The Labute approximate surface area is 206 Å². The number of allylic oxidation sites excluding steroid dienone is 4. The van der Waals surface area contributed by atoms with Crippen molar-refractivity contribution in [1.82, 2.24) is 25.4 Å². The van der Waals surface area contributed by atoms with Crippen molar-refractivity contribution in [1.29, 1.82) is 0 Å². The third-order valence-electron chi connectivity index (χ3n) is 5.73. The number of rotatable bonds is 8. The number of hydrazine groups is 1. The van der Waals surface area contributed by atoms with Crippen molar-refractivity contribution in [3.05, 3.63) is 70.6 Å². The second-order valence-corrected chi connectivity index (χ2v) is 9.03. The van der Waals surface area contributed by atoms with E-state index in [2.05, 4.69) is 10.6 Å². The summed E-state index contributed by atoms with van der Waals surface area (Å²) in [5, 5.41) is 7.51. The molecular weight excluding hydrogens is 448 g/mol. The zero-order valence-electron chi connectivity index (χ0n) is 20.9. The lowest BCUT2D eigenvalue weighted by Crippen LogP contribution is -2.72. The highest BCUT2D eigenvalue weighted by Crippen LogP contribution is 2.21. The van der Waals surface area contributed by atoms with Gasteiger partial charge in [-0.15, -0.1) is 0 Å².